The zero-order chi connectivity index (χ0) is 7.56. The fourth-order valence-electron chi connectivity index (χ4n) is 1.43. The largest absolute Gasteiger partial charge is 0.316 e. The first kappa shape index (κ1) is 7.95. The van der Waals surface area contributed by atoms with E-state index in [1.165, 1.54) is 7.05 Å². The minimum atomic E-state index is 0.495. The van der Waals surface area contributed by atoms with Gasteiger partial charge in [0.15, 0.2) is 0 Å². The first-order valence-corrected chi connectivity index (χ1v) is 3.78. The molecule has 0 amide bonds. The molecule has 1 fully saturated rings. The lowest BCUT2D eigenvalue weighted by Crippen LogP contribution is -2.23. The third-order valence-corrected chi connectivity index (χ3v) is 2.16. The van der Waals surface area contributed by atoms with Crippen LogP contribution in [0.4, 0.5) is 4.48 Å². The quantitative estimate of drug-likeness (QED) is 0.576. The third-order valence-electron chi connectivity index (χ3n) is 2.16. The van der Waals surface area contributed by atoms with Crippen LogP contribution >= 0.6 is 0 Å². The summed E-state index contributed by atoms with van der Waals surface area (Å²) in [5.74, 6) is 1.12. The Hall–Kier alpha value is -0.150. The lowest BCUT2D eigenvalue weighted by molar-refractivity contribution is 0.0379. The second-order valence-corrected chi connectivity index (χ2v) is 3.18. The van der Waals surface area contributed by atoms with E-state index < -0.39 is 0 Å². The number of nitrogens with zero attached hydrogens (tertiary/aromatic N) is 1. The van der Waals surface area contributed by atoms with Crippen LogP contribution in [0.5, 0.6) is 0 Å². The Balaban J connectivity index is 2.26. The average Bonchev–Trinajstić information content (AvgIpc) is 2.15. The maximum Gasteiger partial charge on any atom is 0.0330 e. The van der Waals surface area contributed by atoms with Gasteiger partial charge in [0.05, 0.1) is 0 Å². The Morgan fingerprint density at radius 2 is 2.30 bits per heavy atom. The highest BCUT2D eigenvalue weighted by molar-refractivity contribution is 4.78. The van der Waals surface area contributed by atoms with Crippen molar-refractivity contribution in [1.29, 1.82) is 0 Å². The predicted molar refractivity (Wildman–Crippen MR) is 39.3 cm³/mol. The van der Waals surface area contributed by atoms with Gasteiger partial charge in [-0.15, -0.1) is 9.60 Å². The van der Waals surface area contributed by atoms with Crippen molar-refractivity contribution in [1.82, 2.24) is 10.4 Å². The molecule has 3 heteroatoms. The molecule has 0 radical (unpaired) electrons. The summed E-state index contributed by atoms with van der Waals surface area (Å²) in [5.41, 5.74) is 0. The third kappa shape index (κ3) is 1.92. The zero-order valence-corrected chi connectivity index (χ0v) is 6.60. The fourth-order valence-corrected chi connectivity index (χ4v) is 1.43. The molecule has 0 aliphatic carbocycles. The van der Waals surface area contributed by atoms with Crippen molar-refractivity contribution in [2.45, 2.75) is 6.92 Å². The van der Waals surface area contributed by atoms with E-state index in [0.29, 0.717) is 18.4 Å². The number of hydrogen-bond acceptors (Lipinski definition) is 2. The van der Waals surface area contributed by atoms with Gasteiger partial charge in [0.1, 0.15) is 0 Å². The highest BCUT2D eigenvalue weighted by Gasteiger charge is 2.23. The molecule has 2 unspecified atom stereocenters. The van der Waals surface area contributed by atoms with Crippen molar-refractivity contribution >= 4 is 0 Å². The molecule has 0 aromatic heterocycles. The van der Waals surface area contributed by atoms with Crippen molar-refractivity contribution in [3.63, 3.8) is 0 Å². The molecule has 0 saturated carbocycles. The Morgan fingerprint density at radius 3 is 2.70 bits per heavy atom. The van der Waals surface area contributed by atoms with Crippen LogP contribution in [0.1, 0.15) is 6.92 Å². The average molecular weight is 146 g/mol. The van der Waals surface area contributed by atoms with Gasteiger partial charge in [-0.05, 0) is 24.9 Å². The van der Waals surface area contributed by atoms with Crippen LogP contribution in [0.15, 0.2) is 0 Å². The van der Waals surface area contributed by atoms with Crippen LogP contribution < -0.4 is 5.32 Å². The van der Waals surface area contributed by atoms with Crippen LogP contribution in [-0.2, 0) is 0 Å². The highest BCUT2D eigenvalue weighted by Crippen LogP contribution is 2.16. The minimum absolute atomic E-state index is 0.495. The van der Waals surface area contributed by atoms with Crippen molar-refractivity contribution in [2.75, 3.05) is 26.7 Å². The summed E-state index contributed by atoms with van der Waals surface area (Å²) in [6.45, 7) is 4.73. The van der Waals surface area contributed by atoms with Crippen LogP contribution in [0, 0.1) is 11.8 Å². The van der Waals surface area contributed by atoms with Gasteiger partial charge >= 0.3 is 0 Å². The summed E-state index contributed by atoms with van der Waals surface area (Å²) in [7, 11) is 1.48. The molecule has 1 N–H and O–H groups in total. The van der Waals surface area contributed by atoms with Crippen molar-refractivity contribution in [2.24, 2.45) is 11.8 Å². The Labute approximate surface area is 61.3 Å². The molecule has 2 atom stereocenters. The Kier molecular flexibility index (Phi) is 2.63. The Bertz CT molecular complexity index is 106. The van der Waals surface area contributed by atoms with Gasteiger partial charge in [-0.2, -0.15) is 0 Å². The second-order valence-electron chi connectivity index (χ2n) is 3.18. The summed E-state index contributed by atoms with van der Waals surface area (Å²) in [6, 6.07) is 0. The van der Waals surface area contributed by atoms with E-state index in [1.54, 1.807) is 0 Å². The summed E-state index contributed by atoms with van der Waals surface area (Å²) in [5, 5.41) is 4.01. The monoisotopic (exact) mass is 146 g/mol. The van der Waals surface area contributed by atoms with Crippen molar-refractivity contribution in [3.05, 3.63) is 0 Å². The predicted octanol–water partition coefficient (Wildman–Crippen LogP) is 0.658. The molecule has 1 aliphatic rings. The molecule has 0 aromatic rings. The van der Waals surface area contributed by atoms with Gasteiger partial charge in [0.2, 0.25) is 0 Å². The van der Waals surface area contributed by atoms with E-state index in [0.717, 1.165) is 18.2 Å². The standard InChI is InChI=1S/C7H15FN2/c1-6-3-9-4-7(6)5-10(2)8/h6-7,9H,3-5H2,1-2H3. The molecule has 60 valence electrons. The number of hydrogen-bond donors (Lipinski definition) is 1. The topological polar surface area (TPSA) is 15.3 Å². The van der Waals surface area contributed by atoms with Gasteiger partial charge in [-0.25, -0.2) is 0 Å². The molecule has 1 heterocycles. The van der Waals surface area contributed by atoms with Gasteiger partial charge in [-0.1, -0.05) is 6.92 Å². The lowest BCUT2D eigenvalue weighted by atomic mass is 9.98. The lowest BCUT2D eigenvalue weighted by Gasteiger charge is -2.15. The molecule has 0 aromatic carbocycles. The Morgan fingerprint density at radius 1 is 1.60 bits per heavy atom. The smallest absolute Gasteiger partial charge is 0.0330 e. The van der Waals surface area contributed by atoms with Crippen LogP contribution in [-0.4, -0.2) is 31.8 Å². The van der Waals surface area contributed by atoms with Crippen LogP contribution in [0.2, 0.25) is 0 Å². The van der Waals surface area contributed by atoms with Crippen LogP contribution in [0.3, 0.4) is 0 Å². The molecule has 10 heavy (non-hydrogen) atoms. The number of halogens is 1. The fraction of sp³-hybridized carbons (Fsp3) is 1.00. The highest BCUT2D eigenvalue weighted by atomic mass is 19.2. The molecule has 1 saturated heterocycles. The summed E-state index contributed by atoms with van der Waals surface area (Å²) in [4.78, 5) is 0. The molecule has 2 nitrogen and oxygen atoms in total. The number of nitrogens with one attached hydrogen (secondary N) is 1. The van der Waals surface area contributed by atoms with E-state index in [-0.39, 0.29) is 0 Å². The molecule has 1 aliphatic heterocycles. The molecule has 0 spiro atoms. The minimum Gasteiger partial charge on any atom is -0.316 e. The van der Waals surface area contributed by atoms with Gasteiger partial charge in [-0.3, -0.25) is 0 Å². The van der Waals surface area contributed by atoms with E-state index in [1.807, 2.05) is 0 Å². The maximum atomic E-state index is 12.3. The SMILES string of the molecule is CC1CNCC1CN(C)F. The number of rotatable bonds is 2. The van der Waals surface area contributed by atoms with Crippen molar-refractivity contribution < 1.29 is 4.48 Å². The van der Waals surface area contributed by atoms with Crippen LogP contribution in [0.25, 0.3) is 0 Å². The van der Waals surface area contributed by atoms with E-state index >= 15 is 0 Å². The first-order valence-electron chi connectivity index (χ1n) is 3.78. The summed E-state index contributed by atoms with van der Waals surface area (Å²) < 4.78 is 12.3. The van der Waals surface area contributed by atoms with Gasteiger partial charge in [0.25, 0.3) is 0 Å². The molecular formula is C7H15FN2. The van der Waals surface area contributed by atoms with E-state index in [4.69, 9.17) is 0 Å². The van der Waals surface area contributed by atoms with Crippen molar-refractivity contribution in [3.8, 4) is 0 Å². The summed E-state index contributed by atoms with van der Waals surface area (Å²) >= 11 is 0. The summed E-state index contributed by atoms with van der Waals surface area (Å²) in [6.07, 6.45) is 0. The second kappa shape index (κ2) is 3.30. The molecule has 1 rings (SSSR count). The normalized spacial score (nSPS) is 33.6. The maximum absolute atomic E-state index is 12.3. The zero-order valence-electron chi connectivity index (χ0n) is 6.60. The first-order chi connectivity index (χ1) is 4.70. The van der Waals surface area contributed by atoms with E-state index in [9.17, 15) is 4.48 Å². The molecular weight excluding hydrogens is 131 g/mol. The van der Waals surface area contributed by atoms with E-state index in [2.05, 4.69) is 12.2 Å². The van der Waals surface area contributed by atoms with Gasteiger partial charge in [0, 0.05) is 13.6 Å². The van der Waals surface area contributed by atoms with Gasteiger partial charge < -0.3 is 5.32 Å². The molecule has 0 bridgehead atoms.